The van der Waals surface area contributed by atoms with Crippen LogP contribution in [-0.2, 0) is 4.79 Å². The number of amides is 1. The van der Waals surface area contributed by atoms with Crippen LogP contribution >= 0.6 is 23.4 Å². The van der Waals surface area contributed by atoms with Gasteiger partial charge in [-0.3, -0.25) is 9.59 Å². The van der Waals surface area contributed by atoms with Crippen molar-refractivity contribution < 1.29 is 4.79 Å². The zero-order valence-electron chi connectivity index (χ0n) is 13.9. The maximum absolute atomic E-state index is 12.4. The zero-order valence-corrected chi connectivity index (χ0v) is 15.5. The molecular formula is C19H16ClN3O2S. The number of carbonyl (C=O) groups is 1. The monoisotopic (exact) mass is 385 g/mol. The highest BCUT2D eigenvalue weighted by Gasteiger charge is 2.17. The first kappa shape index (κ1) is 18.2. The average Bonchev–Trinajstić information content (AvgIpc) is 2.64. The van der Waals surface area contributed by atoms with Crippen LogP contribution in [0.15, 0.2) is 70.6 Å². The number of halogens is 1. The third-order valence-corrected chi connectivity index (χ3v) is 4.89. The van der Waals surface area contributed by atoms with Crippen molar-refractivity contribution in [1.82, 2.24) is 9.97 Å². The molecule has 2 N–H and O–H groups in total. The summed E-state index contributed by atoms with van der Waals surface area (Å²) < 4.78 is 0. The Labute approximate surface area is 159 Å². The Bertz CT molecular complexity index is 976. The van der Waals surface area contributed by atoms with Gasteiger partial charge in [0.2, 0.25) is 5.91 Å². The van der Waals surface area contributed by atoms with E-state index in [1.807, 2.05) is 30.3 Å². The van der Waals surface area contributed by atoms with E-state index < -0.39 is 5.25 Å². The lowest BCUT2D eigenvalue weighted by Crippen LogP contribution is -2.23. The van der Waals surface area contributed by atoms with Crippen molar-refractivity contribution in [3.8, 4) is 11.3 Å². The summed E-state index contributed by atoms with van der Waals surface area (Å²) in [5, 5.41) is 3.16. The van der Waals surface area contributed by atoms with Crippen LogP contribution < -0.4 is 10.9 Å². The van der Waals surface area contributed by atoms with E-state index in [1.54, 1.807) is 31.2 Å². The Kier molecular flexibility index (Phi) is 5.75. The van der Waals surface area contributed by atoms with Crippen molar-refractivity contribution >= 4 is 35.0 Å². The number of nitrogens with zero attached hydrogens (tertiary/aromatic N) is 1. The molecule has 0 bridgehead atoms. The lowest BCUT2D eigenvalue weighted by Gasteiger charge is -2.12. The number of carbonyl (C=O) groups excluding carboxylic acids is 1. The quantitative estimate of drug-likeness (QED) is 0.509. The van der Waals surface area contributed by atoms with Gasteiger partial charge in [-0.15, -0.1) is 0 Å². The van der Waals surface area contributed by atoms with Crippen molar-refractivity contribution in [3.63, 3.8) is 0 Å². The molecule has 1 heterocycles. The first-order chi connectivity index (χ1) is 12.5. The predicted molar refractivity (Wildman–Crippen MR) is 106 cm³/mol. The third-order valence-electron chi connectivity index (χ3n) is 3.58. The Morgan fingerprint density at radius 1 is 1.15 bits per heavy atom. The van der Waals surface area contributed by atoms with Gasteiger partial charge in [0.1, 0.15) is 0 Å². The fourth-order valence-corrected chi connectivity index (χ4v) is 3.26. The van der Waals surface area contributed by atoms with E-state index in [-0.39, 0.29) is 11.5 Å². The molecule has 0 saturated heterocycles. The molecule has 26 heavy (non-hydrogen) atoms. The second-order valence-corrected chi connectivity index (χ2v) is 7.27. The number of hydrogen-bond donors (Lipinski definition) is 2. The highest BCUT2D eigenvalue weighted by molar-refractivity contribution is 8.00. The molecule has 0 aliphatic heterocycles. The molecule has 0 saturated carbocycles. The molecule has 5 nitrogen and oxygen atoms in total. The normalized spacial score (nSPS) is 11.8. The van der Waals surface area contributed by atoms with Crippen molar-refractivity contribution in [2.45, 2.75) is 17.3 Å². The highest BCUT2D eigenvalue weighted by atomic mass is 35.5. The Balaban J connectivity index is 1.76. The maximum Gasteiger partial charge on any atom is 0.252 e. The number of thioether (sulfide) groups is 1. The van der Waals surface area contributed by atoms with E-state index in [4.69, 9.17) is 11.6 Å². The minimum absolute atomic E-state index is 0.226. The number of aromatic amines is 1. The Hall–Kier alpha value is -2.57. The first-order valence-electron chi connectivity index (χ1n) is 7.92. The van der Waals surface area contributed by atoms with Crippen molar-refractivity contribution in [2.75, 3.05) is 5.32 Å². The molecule has 0 aliphatic rings. The predicted octanol–water partition coefficient (Wildman–Crippen LogP) is 4.21. The number of benzene rings is 2. The standard InChI is InChI=1S/C19H16ClN3O2S/c1-12(18(25)21-15-10-6-5-9-14(15)20)26-19-22-16(11-17(24)23-19)13-7-3-2-4-8-13/h2-12H,1H3,(H,21,25)(H,22,23,24). The number of nitrogens with one attached hydrogen (secondary N) is 2. The topological polar surface area (TPSA) is 74.8 Å². The van der Waals surface area contributed by atoms with Crippen LogP contribution in [0.3, 0.4) is 0 Å². The average molecular weight is 386 g/mol. The molecule has 0 fully saturated rings. The van der Waals surface area contributed by atoms with Crippen LogP contribution in [0.2, 0.25) is 5.02 Å². The zero-order chi connectivity index (χ0) is 18.5. The third kappa shape index (κ3) is 4.53. The summed E-state index contributed by atoms with van der Waals surface area (Å²) in [6, 6.07) is 17.9. The highest BCUT2D eigenvalue weighted by Crippen LogP contribution is 2.25. The molecule has 2 aromatic carbocycles. The van der Waals surface area contributed by atoms with E-state index in [0.717, 1.165) is 5.56 Å². The fourth-order valence-electron chi connectivity index (χ4n) is 2.27. The molecule has 3 aromatic rings. The van der Waals surface area contributed by atoms with Gasteiger partial charge in [-0.2, -0.15) is 0 Å². The lowest BCUT2D eigenvalue weighted by atomic mass is 10.1. The summed E-state index contributed by atoms with van der Waals surface area (Å²) >= 11 is 7.24. The smallest absolute Gasteiger partial charge is 0.252 e. The Morgan fingerprint density at radius 3 is 2.58 bits per heavy atom. The molecule has 132 valence electrons. The molecule has 1 amide bonds. The number of rotatable bonds is 5. The molecule has 0 aliphatic carbocycles. The summed E-state index contributed by atoms with van der Waals surface area (Å²) in [6.07, 6.45) is 0. The van der Waals surface area contributed by atoms with Gasteiger partial charge >= 0.3 is 0 Å². The fraction of sp³-hybridized carbons (Fsp3) is 0.105. The summed E-state index contributed by atoms with van der Waals surface area (Å²) in [7, 11) is 0. The summed E-state index contributed by atoms with van der Waals surface area (Å²) in [5.41, 5.74) is 1.69. The van der Waals surface area contributed by atoms with Crippen LogP contribution in [0.4, 0.5) is 5.69 Å². The molecule has 1 unspecified atom stereocenters. The van der Waals surface area contributed by atoms with Crippen LogP contribution in [0.1, 0.15) is 6.92 Å². The van der Waals surface area contributed by atoms with E-state index in [2.05, 4.69) is 15.3 Å². The van der Waals surface area contributed by atoms with Crippen molar-refractivity contribution in [3.05, 3.63) is 76.0 Å². The molecule has 0 spiro atoms. The van der Waals surface area contributed by atoms with Crippen molar-refractivity contribution in [2.24, 2.45) is 0 Å². The van der Waals surface area contributed by atoms with E-state index in [9.17, 15) is 9.59 Å². The molecule has 1 aromatic heterocycles. The molecule has 7 heteroatoms. The van der Waals surface area contributed by atoms with E-state index >= 15 is 0 Å². The summed E-state index contributed by atoms with van der Waals surface area (Å²) in [6.45, 7) is 1.74. The van der Waals surface area contributed by atoms with E-state index in [1.165, 1.54) is 17.8 Å². The number of aromatic nitrogens is 2. The molecular weight excluding hydrogens is 370 g/mol. The molecule has 3 rings (SSSR count). The summed E-state index contributed by atoms with van der Waals surface area (Å²) in [4.78, 5) is 31.5. The minimum Gasteiger partial charge on any atom is -0.324 e. The minimum atomic E-state index is -0.472. The van der Waals surface area contributed by atoms with E-state index in [0.29, 0.717) is 21.6 Å². The van der Waals surface area contributed by atoms with Gasteiger partial charge < -0.3 is 10.3 Å². The molecule has 0 radical (unpaired) electrons. The van der Waals surface area contributed by atoms with Gasteiger partial charge in [0.15, 0.2) is 5.16 Å². The number of anilines is 1. The van der Waals surface area contributed by atoms with Crippen LogP contribution in [-0.4, -0.2) is 21.1 Å². The molecule has 1 atom stereocenters. The van der Waals surface area contributed by atoms with Gasteiger partial charge in [0.25, 0.3) is 5.56 Å². The number of para-hydroxylation sites is 1. The SMILES string of the molecule is CC(Sc1nc(-c2ccccc2)cc(=O)[nH]1)C(=O)Nc1ccccc1Cl. The number of hydrogen-bond acceptors (Lipinski definition) is 4. The second kappa shape index (κ2) is 8.21. The lowest BCUT2D eigenvalue weighted by molar-refractivity contribution is -0.115. The van der Waals surface area contributed by atoms with Crippen LogP contribution in [0, 0.1) is 0 Å². The Morgan fingerprint density at radius 2 is 1.85 bits per heavy atom. The first-order valence-corrected chi connectivity index (χ1v) is 9.17. The van der Waals surface area contributed by atoms with Crippen molar-refractivity contribution in [1.29, 1.82) is 0 Å². The van der Waals surface area contributed by atoms with Gasteiger partial charge in [-0.05, 0) is 19.1 Å². The van der Waals surface area contributed by atoms with Gasteiger partial charge in [0, 0.05) is 11.6 Å². The second-order valence-electron chi connectivity index (χ2n) is 5.53. The van der Waals surface area contributed by atoms with Gasteiger partial charge in [-0.25, -0.2) is 4.98 Å². The summed E-state index contributed by atoms with van der Waals surface area (Å²) in [5.74, 6) is -0.226. The number of H-pyrrole nitrogens is 1. The van der Waals surface area contributed by atoms with Crippen LogP contribution in [0.5, 0.6) is 0 Å². The van der Waals surface area contributed by atoms with Gasteiger partial charge in [0.05, 0.1) is 21.7 Å². The maximum atomic E-state index is 12.4. The largest absolute Gasteiger partial charge is 0.324 e. The van der Waals surface area contributed by atoms with Crippen LogP contribution in [0.25, 0.3) is 11.3 Å². The van der Waals surface area contributed by atoms with Gasteiger partial charge in [-0.1, -0.05) is 65.8 Å².